The van der Waals surface area contributed by atoms with E-state index in [1.165, 1.54) is 23.4 Å². The highest BCUT2D eigenvalue weighted by Crippen LogP contribution is 2.31. The molecule has 4 heteroatoms. The summed E-state index contributed by atoms with van der Waals surface area (Å²) in [6.45, 7) is 13.9. The minimum Gasteiger partial charge on any atom is -0.348 e. The SMILES string of the molecule is CCC(CC)CN(CC)c1nc(C(C)C)c(CN)s1. The van der Waals surface area contributed by atoms with Gasteiger partial charge in [-0.25, -0.2) is 4.98 Å². The predicted molar refractivity (Wildman–Crippen MR) is 86.1 cm³/mol. The molecule has 3 nitrogen and oxygen atoms in total. The molecule has 0 saturated heterocycles. The van der Waals surface area contributed by atoms with Gasteiger partial charge in [0, 0.05) is 24.5 Å². The Kier molecular flexibility index (Phi) is 6.80. The molecule has 0 aliphatic heterocycles. The van der Waals surface area contributed by atoms with Gasteiger partial charge in [-0.2, -0.15) is 0 Å². The molecule has 0 bridgehead atoms. The van der Waals surface area contributed by atoms with E-state index in [1.807, 2.05) is 0 Å². The summed E-state index contributed by atoms with van der Waals surface area (Å²) in [6, 6.07) is 0. The molecule has 0 saturated carbocycles. The molecule has 2 N–H and O–H groups in total. The first-order valence-electron chi connectivity index (χ1n) is 7.51. The first-order chi connectivity index (χ1) is 9.07. The minimum atomic E-state index is 0.454. The fourth-order valence-corrected chi connectivity index (χ4v) is 3.45. The van der Waals surface area contributed by atoms with Crippen molar-refractivity contribution in [2.45, 2.75) is 59.9 Å². The van der Waals surface area contributed by atoms with Crippen LogP contribution in [0.4, 0.5) is 5.13 Å². The van der Waals surface area contributed by atoms with Crippen LogP contribution in [-0.2, 0) is 6.54 Å². The maximum atomic E-state index is 5.85. The van der Waals surface area contributed by atoms with Gasteiger partial charge >= 0.3 is 0 Å². The summed E-state index contributed by atoms with van der Waals surface area (Å²) in [7, 11) is 0. The van der Waals surface area contributed by atoms with Crippen LogP contribution in [0.2, 0.25) is 0 Å². The summed E-state index contributed by atoms with van der Waals surface area (Å²) < 4.78 is 0. The van der Waals surface area contributed by atoms with Gasteiger partial charge in [-0.15, -0.1) is 11.3 Å². The van der Waals surface area contributed by atoms with Gasteiger partial charge in [0.25, 0.3) is 0 Å². The number of hydrogen-bond acceptors (Lipinski definition) is 4. The lowest BCUT2D eigenvalue weighted by molar-refractivity contribution is 0.485. The number of nitrogens with zero attached hydrogens (tertiary/aromatic N) is 2. The second-order valence-electron chi connectivity index (χ2n) is 5.38. The number of rotatable bonds is 8. The Balaban J connectivity index is 2.92. The van der Waals surface area contributed by atoms with Crippen LogP contribution < -0.4 is 10.6 Å². The number of nitrogens with two attached hydrogens (primary N) is 1. The van der Waals surface area contributed by atoms with Gasteiger partial charge < -0.3 is 10.6 Å². The molecule has 0 unspecified atom stereocenters. The summed E-state index contributed by atoms with van der Waals surface area (Å²) in [6.07, 6.45) is 2.47. The van der Waals surface area contributed by atoms with Crippen molar-refractivity contribution in [3.63, 3.8) is 0 Å². The van der Waals surface area contributed by atoms with Crippen molar-refractivity contribution >= 4 is 16.5 Å². The quantitative estimate of drug-likeness (QED) is 0.784. The normalized spacial score (nSPS) is 11.6. The first-order valence-corrected chi connectivity index (χ1v) is 8.33. The summed E-state index contributed by atoms with van der Waals surface area (Å²) in [5.41, 5.74) is 7.03. The second kappa shape index (κ2) is 7.85. The predicted octanol–water partition coefficient (Wildman–Crippen LogP) is 3.99. The zero-order valence-electron chi connectivity index (χ0n) is 13.1. The van der Waals surface area contributed by atoms with E-state index in [1.54, 1.807) is 11.3 Å². The van der Waals surface area contributed by atoms with Gasteiger partial charge in [-0.05, 0) is 18.8 Å². The van der Waals surface area contributed by atoms with E-state index >= 15 is 0 Å². The number of anilines is 1. The van der Waals surface area contributed by atoms with Gasteiger partial charge in [0.1, 0.15) is 0 Å². The van der Waals surface area contributed by atoms with Gasteiger partial charge in [-0.3, -0.25) is 0 Å². The van der Waals surface area contributed by atoms with Crippen molar-refractivity contribution in [3.05, 3.63) is 10.6 Å². The average Bonchev–Trinajstić information content (AvgIpc) is 2.84. The van der Waals surface area contributed by atoms with Crippen molar-refractivity contribution in [2.75, 3.05) is 18.0 Å². The molecule has 0 radical (unpaired) electrons. The molecule has 0 aliphatic carbocycles. The lowest BCUT2D eigenvalue weighted by atomic mass is 10.0. The summed E-state index contributed by atoms with van der Waals surface area (Å²) in [4.78, 5) is 8.49. The van der Waals surface area contributed by atoms with E-state index in [0.29, 0.717) is 12.5 Å². The van der Waals surface area contributed by atoms with Crippen LogP contribution in [0.3, 0.4) is 0 Å². The van der Waals surface area contributed by atoms with E-state index in [9.17, 15) is 0 Å². The van der Waals surface area contributed by atoms with Crippen molar-refractivity contribution in [3.8, 4) is 0 Å². The van der Waals surface area contributed by atoms with E-state index < -0.39 is 0 Å². The summed E-state index contributed by atoms with van der Waals surface area (Å²) in [5.74, 6) is 1.21. The summed E-state index contributed by atoms with van der Waals surface area (Å²) in [5, 5.41) is 1.15. The standard InChI is InChI=1S/C15H29N3S/c1-6-12(7-2)10-18(8-3)15-17-14(11(4)5)13(9-16)19-15/h11-12H,6-10,16H2,1-5H3. The first kappa shape index (κ1) is 16.4. The smallest absolute Gasteiger partial charge is 0.185 e. The third-order valence-electron chi connectivity index (χ3n) is 3.73. The van der Waals surface area contributed by atoms with Crippen molar-refractivity contribution in [2.24, 2.45) is 11.7 Å². The maximum absolute atomic E-state index is 5.85. The fraction of sp³-hybridized carbons (Fsp3) is 0.800. The van der Waals surface area contributed by atoms with Crippen LogP contribution in [0.1, 0.15) is 63.9 Å². The lowest BCUT2D eigenvalue weighted by Gasteiger charge is -2.24. The van der Waals surface area contributed by atoms with Crippen LogP contribution >= 0.6 is 11.3 Å². The van der Waals surface area contributed by atoms with Crippen LogP contribution in [-0.4, -0.2) is 18.1 Å². The maximum Gasteiger partial charge on any atom is 0.185 e. The van der Waals surface area contributed by atoms with E-state index in [0.717, 1.165) is 24.1 Å². The summed E-state index contributed by atoms with van der Waals surface area (Å²) >= 11 is 1.77. The third kappa shape index (κ3) is 4.18. The zero-order chi connectivity index (χ0) is 14.4. The van der Waals surface area contributed by atoms with E-state index in [2.05, 4.69) is 39.5 Å². The van der Waals surface area contributed by atoms with Crippen molar-refractivity contribution in [1.82, 2.24) is 4.98 Å². The van der Waals surface area contributed by atoms with Gasteiger partial charge in [0.05, 0.1) is 5.69 Å². The highest BCUT2D eigenvalue weighted by Gasteiger charge is 2.18. The molecule has 0 aromatic carbocycles. The molecule has 110 valence electrons. The monoisotopic (exact) mass is 283 g/mol. The molecule has 1 aromatic heterocycles. The number of aromatic nitrogens is 1. The van der Waals surface area contributed by atoms with Crippen LogP contribution in [0.5, 0.6) is 0 Å². The number of thiazole rings is 1. The lowest BCUT2D eigenvalue weighted by Crippen LogP contribution is -2.28. The highest BCUT2D eigenvalue weighted by molar-refractivity contribution is 7.15. The Labute approximate surface area is 122 Å². The van der Waals surface area contributed by atoms with Crippen molar-refractivity contribution in [1.29, 1.82) is 0 Å². The van der Waals surface area contributed by atoms with Gasteiger partial charge in [0.15, 0.2) is 5.13 Å². The number of hydrogen-bond donors (Lipinski definition) is 1. The molecular formula is C15H29N3S. The molecule has 0 aliphatic rings. The Hall–Kier alpha value is -0.610. The van der Waals surface area contributed by atoms with E-state index in [-0.39, 0.29) is 0 Å². The van der Waals surface area contributed by atoms with Crippen molar-refractivity contribution < 1.29 is 0 Å². The second-order valence-corrected chi connectivity index (χ2v) is 6.45. The van der Waals surface area contributed by atoms with Gasteiger partial charge in [0.2, 0.25) is 0 Å². The van der Waals surface area contributed by atoms with E-state index in [4.69, 9.17) is 10.7 Å². The largest absolute Gasteiger partial charge is 0.348 e. The van der Waals surface area contributed by atoms with Gasteiger partial charge in [-0.1, -0.05) is 40.5 Å². The Bertz CT molecular complexity index is 369. The molecule has 1 rings (SSSR count). The molecule has 19 heavy (non-hydrogen) atoms. The molecule has 0 fully saturated rings. The van der Waals surface area contributed by atoms with Crippen LogP contribution in [0.25, 0.3) is 0 Å². The molecule has 1 heterocycles. The molecule has 0 amide bonds. The van der Waals surface area contributed by atoms with Crippen LogP contribution in [0, 0.1) is 5.92 Å². The topological polar surface area (TPSA) is 42.2 Å². The zero-order valence-corrected chi connectivity index (χ0v) is 13.9. The highest BCUT2D eigenvalue weighted by atomic mass is 32.1. The minimum absolute atomic E-state index is 0.454. The molecule has 1 aromatic rings. The average molecular weight is 283 g/mol. The molecular weight excluding hydrogens is 254 g/mol. The fourth-order valence-electron chi connectivity index (χ4n) is 2.28. The molecule has 0 atom stereocenters. The Morgan fingerprint density at radius 1 is 1.21 bits per heavy atom. The Morgan fingerprint density at radius 2 is 1.84 bits per heavy atom. The van der Waals surface area contributed by atoms with Crippen LogP contribution in [0.15, 0.2) is 0 Å². The Morgan fingerprint density at radius 3 is 2.21 bits per heavy atom. The third-order valence-corrected chi connectivity index (χ3v) is 4.89. The molecule has 0 spiro atoms.